The van der Waals surface area contributed by atoms with Crippen molar-refractivity contribution in [2.75, 3.05) is 11.5 Å². The molecule has 5 heteroatoms. The molecule has 0 aliphatic heterocycles. The van der Waals surface area contributed by atoms with Gasteiger partial charge >= 0.3 is 6.18 Å². The highest BCUT2D eigenvalue weighted by molar-refractivity contribution is 7.99. The number of hydrogen-bond donors (Lipinski definition) is 1. The zero-order chi connectivity index (χ0) is 14.3. The molecule has 0 radical (unpaired) electrons. The maximum absolute atomic E-state index is 12.8. The normalized spacial score (nSPS) is 13.5. The zero-order valence-electron chi connectivity index (χ0n) is 11.3. The summed E-state index contributed by atoms with van der Waals surface area (Å²) in [6.07, 6.45) is -3.31. The first-order valence-corrected chi connectivity index (χ1v) is 7.56. The smallest absolute Gasteiger partial charge is 0.310 e. The van der Waals surface area contributed by atoms with Gasteiger partial charge in [0.1, 0.15) is 0 Å². The minimum absolute atomic E-state index is 0.223. The van der Waals surface area contributed by atoms with Crippen LogP contribution in [0.4, 0.5) is 13.2 Å². The lowest BCUT2D eigenvalue weighted by molar-refractivity contribution is -0.138. The molecular formula is C14H20F3NS. The number of alkyl halides is 3. The molecule has 0 aliphatic rings. The van der Waals surface area contributed by atoms with Gasteiger partial charge < -0.3 is 5.32 Å². The van der Waals surface area contributed by atoms with E-state index >= 15 is 0 Å². The van der Waals surface area contributed by atoms with Gasteiger partial charge in [-0.2, -0.15) is 24.9 Å². The van der Waals surface area contributed by atoms with E-state index in [0.717, 1.165) is 24.0 Å². The molecule has 0 fully saturated rings. The van der Waals surface area contributed by atoms with E-state index in [0.29, 0.717) is 5.56 Å². The second-order valence-electron chi connectivity index (χ2n) is 4.42. The predicted octanol–water partition coefficient (Wildman–Crippen LogP) is 4.33. The number of thioether (sulfide) groups is 1. The number of halogens is 3. The highest BCUT2D eigenvalue weighted by Crippen LogP contribution is 2.31. The lowest BCUT2D eigenvalue weighted by atomic mass is 10.1. The fraction of sp³-hybridized carbons (Fsp3) is 0.571. The van der Waals surface area contributed by atoms with E-state index in [1.807, 2.05) is 18.7 Å². The summed E-state index contributed by atoms with van der Waals surface area (Å²) in [5, 5.41) is 3.16. The van der Waals surface area contributed by atoms with Crippen molar-refractivity contribution in [3.8, 4) is 0 Å². The van der Waals surface area contributed by atoms with Gasteiger partial charge in [0.15, 0.2) is 0 Å². The van der Waals surface area contributed by atoms with Crippen molar-refractivity contribution < 1.29 is 13.2 Å². The molecule has 0 spiro atoms. The summed E-state index contributed by atoms with van der Waals surface area (Å²) in [6, 6.07) is 5.95. The summed E-state index contributed by atoms with van der Waals surface area (Å²) in [6.45, 7) is 4.36. The van der Waals surface area contributed by atoms with Crippen molar-refractivity contribution in [1.82, 2.24) is 5.32 Å². The van der Waals surface area contributed by atoms with Crippen LogP contribution in [-0.2, 0) is 12.7 Å². The Labute approximate surface area is 117 Å². The molecule has 1 aromatic carbocycles. The molecule has 0 heterocycles. The van der Waals surface area contributed by atoms with Gasteiger partial charge in [0.25, 0.3) is 0 Å². The molecule has 0 saturated carbocycles. The summed E-state index contributed by atoms with van der Waals surface area (Å²) >= 11 is 1.85. The molecule has 0 aromatic heterocycles. The van der Waals surface area contributed by atoms with Gasteiger partial charge in [-0.3, -0.25) is 0 Å². The standard InChI is InChI=1S/C14H20F3NS/c1-3-19-9-8-11(2)18-10-12-6-4-5-7-13(12)14(15,16)17/h4-7,11,18H,3,8-10H2,1-2H3. The Balaban J connectivity index is 2.53. The van der Waals surface area contributed by atoms with Gasteiger partial charge in [0, 0.05) is 12.6 Å². The molecule has 1 nitrogen and oxygen atoms in total. The lowest BCUT2D eigenvalue weighted by Crippen LogP contribution is -2.27. The molecule has 0 amide bonds. The maximum atomic E-state index is 12.8. The van der Waals surface area contributed by atoms with Crippen molar-refractivity contribution in [3.63, 3.8) is 0 Å². The summed E-state index contributed by atoms with van der Waals surface area (Å²) in [5.41, 5.74) is -0.234. The van der Waals surface area contributed by atoms with Crippen LogP contribution >= 0.6 is 11.8 Å². The Morgan fingerprint density at radius 2 is 1.95 bits per heavy atom. The largest absolute Gasteiger partial charge is 0.416 e. The Morgan fingerprint density at radius 3 is 2.58 bits per heavy atom. The second kappa shape index (κ2) is 7.80. The number of rotatable bonds is 7. The van der Waals surface area contributed by atoms with Crippen LogP contribution in [-0.4, -0.2) is 17.5 Å². The average molecular weight is 291 g/mol. The first kappa shape index (κ1) is 16.4. The van der Waals surface area contributed by atoms with Crippen LogP contribution in [0.2, 0.25) is 0 Å². The van der Waals surface area contributed by atoms with Gasteiger partial charge in [-0.25, -0.2) is 0 Å². The van der Waals surface area contributed by atoms with Crippen molar-refractivity contribution >= 4 is 11.8 Å². The highest BCUT2D eigenvalue weighted by Gasteiger charge is 2.32. The fourth-order valence-corrected chi connectivity index (χ4v) is 2.55. The molecule has 0 aliphatic carbocycles. The molecule has 0 saturated heterocycles. The van der Waals surface area contributed by atoms with E-state index in [-0.39, 0.29) is 12.6 Å². The van der Waals surface area contributed by atoms with Gasteiger partial charge in [-0.05, 0) is 36.5 Å². The molecule has 1 unspecified atom stereocenters. The fourth-order valence-electron chi connectivity index (χ4n) is 1.74. The van der Waals surface area contributed by atoms with Gasteiger partial charge in [0.05, 0.1) is 5.56 Å². The lowest BCUT2D eigenvalue weighted by Gasteiger charge is -2.16. The van der Waals surface area contributed by atoms with E-state index in [1.165, 1.54) is 12.1 Å². The molecule has 0 bridgehead atoms. The quantitative estimate of drug-likeness (QED) is 0.751. The van der Waals surface area contributed by atoms with E-state index in [9.17, 15) is 13.2 Å². The third-order valence-corrected chi connectivity index (χ3v) is 3.80. The minimum atomic E-state index is -4.28. The van der Waals surface area contributed by atoms with E-state index < -0.39 is 11.7 Å². The van der Waals surface area contributed by atoms with Gasteiger partial charge in [0.2, 0.25) is 0 Å². The Bertz CT molecular complexity index is 379. The Hall–Kier alpha value is -0.680. The van der Waals surface area contributed by atoms with Crippen LogP contribution in [0.3, 0.4) is 0 Å². The SMILES string of the molecule is CCSCCC(C)NCc1ccccc1C(F)(F)F. The molecule has 1 rings (SSSR count). The molecule has 1 aromatic rings. The predicted molar refractivity (Wildman–Crippen MR) is 75.4 cm³/mol. The third-order valence-electron chi connectivity index (χ3n) is 2.86. The Morgan fingerprint density at radius 1 is 1.26 bits per heavy atom. The van der Waals surface area contributed by atoms with Crippen LogP contribution < -0.4 is 5.32 Å². The minimum Gasteiger partial charge on any atom is -0.310 e. The number of nitrogens with one attached hydrogen (secondary N) is 1. The third kappa shape index (κ3) is 5.87. The van der Waals surface area contributed by atoms with E-state index in [1.54, 1.807) is 6.07 Å². The first-order valence-electron chi connectivity index (χ1n) is 6.41. The van der Waals surface area contributed by atoms with Crippen LogP contribution in [0.1, 0.15) is 31.4 Å². The molecule has 1 N–H and O–H groups in total. The van der Waals surface area contributed by atoms with Crippen molar-refractivity contribution in [2.45, 2.75) is 39.0 Å². The average Bonchev–Trinajstić information content (AvgIpc) is 2.36. The second-order valence-corrected chi connectivity index (χ2v) is 5.82. The molecule has 19 heavy (non-hydrogen) atoms. The van der Waals surface area contributed by atoms with Crippen molar-refractivity contribution in [3.05, 3.63) is 35.4 Å². The topological polar surface area (TPSA) is 12.0 Å². The monoisotopic (exact) mass is 291 g/mol. The summed E-state index contributed by atoms with van der Waals surface area (Å²) in [7, 11) is 0. The van der Waals surface area contributed by atoms with Crippen LogP contribution in [0, 0.1) is 0 Å². The molecular weight excluding hydrogens is 271 g/mol. The highest BCUT2D eigenvalue weighted by atomic mass is 32.2. The number of benzene rings is 1. The van der Waals surface area contributed by atoms with Crippen LogP contribution in [0.25, 0.3) is 0 Å². The molecule has 1 atom stereocenters. The van der Waals surface area contributed by atoms with Crippen LogP contribution in [0.5, 0.6) is 0 Å². The molecule has 108 valence electrons. The summed E-state index contributed by atoms with van der Waals surface area (Å²) in [5.74, 6) is 2.11. The van der Waals surface area contributed by atoms with Gasteiger partial charge in [-0.15, -0.1) is 0 Å². The summed E-state index contributed by atoms with van der Waals surface area (Å²) < 4.78 is 38.4. The zero-order valence-corrected chi connectivity index (χ0v) is 12.1. The van der Waals surface area contributed by atoms with Crippen molar-refractivity contribution in [1.29, 1.82) is 0 Å². The first-order chi connectivity index (χ1) is 8.95. The van der Waals surface area contributed by atoms with Gasteiger partial charge in [-0.1, -0.05) is 25.1 Å². The van der Waals surface area contributed by atoms with E-state index in [4.69, 9.17) is 0 Å². The maximum Gasteiger partial charge on any atom is 0.416 e. The summed E-state index contributed by atoms with van der Waals surface area (Å²) in [4.78, 5) is 0. The van der Waals surface area contributed by atoms with E-state index in [2.05, 4.69) is 12.2 Å². The van der Waals surface area contributed by atoms with Crippen molar-refractivity contribution in [2.24, 2.45) is 0 Å². The number of hydrogen-bond acceptors (Lipinski definition) is 2. The van der Waals surface area contributed by atoms with Crippen LogP contribution in [0.15, 0.2) is 24.3 Å². The Kier molecular flexibility index (Phi) is 6.72.